The fourth-order valence-corrected chi connectivity index (χ4v) is 4.83. The molecule has 0 bridgehead atoms. The number of carbonyl (C=O) groups excluding carboxylic acids is 1. The molecule has 0 aromatic heterocycles. The zero-order valence-electron chi connectivity index (χ0n) is 15.6. The van der Waals surface area contributed by atoms with Crippen LogP contribution in [-0.4, -0.2) is 31.0 Å². The zero-order valence-corrected chi connectivity index (χ0v) is 17.2. The van der Waals surface area contributed by atoms with E-state index in [9.17, 15) is 9.18 Å². The number of hydrogen-bond acceptors (Lipinski definition) is 2. The highest BCUT2D eigenvalue weighted by Gasteiger charge is 2.28. The van der Waals surface area contributed by atoms with Crippen LogP contribution in [0.4, 0.5) is 4.39 Å². The van der Waals surface area contributed by atoms with Crippen LogP contribution in [0.15, 0.2) is 59.1 Å². The Morgan fingerprint density at radius 3 is 2.57 bits per heavy atom. The van der Waals surface area contributed by atoms with Crippen LogP contribution in [0.3, 0.4) is 0 Å². The highest BCUT2D eigenvalue weighted by atomic mass is 79.9. The van der Waals surface area contributed by atoms with Crippen molar-refractivity contribution in [3.63, 3.8) is 0 Å². The molecule has 0 radical (unpaired) electrons. The lowest BCUT2D eigenvalue weighted by Gasteiger charge is -2.33. The summed E-state index contributed by atoms with van der Waals surface area (Å²) in [7, 11) is 1.39. The van der Waals surface area contributed by atoms with Gasteiger partial charge in [0.05, 0.1) is 12.7 Å². The first kappa shape index (κ1) is 18.9. The lowest BCUT2D eigenvalue weighted by atomic mass is 9.88. The molecule has 1 amide bonds. The number of carbonyl (C=O) groups is 1. The minimum atomic E-state index is -0.511. The normalized spacial score (nSPS) is 15.0. The largest absolute Gasteiger partial charge is 0.493 e. The summed E-state index contributed by atoms with van der Waals surface area (Å²) in [5, 5.41) is 2.42. The average Bonchev–Trinajstić information content (AvgIpc) is 2.74. The summed E-state index contributed by atoms with van der Waals surface area (Å²) >= 11 is 3.79. The topological polar surface area (TPSA) is 29.5 Å². The molecule has 3 nitrogen and oxygen atoms in total. The molecular formula is C23H21BrFNO2. The molecule has 1 heterocycles. The van der Waals surface area contributed by atoms with E-state index in [-0.39, 0.29) is 17.2 Å². The van der Waals surface area contributed by atoms with Crippen LogP contribution in [0.25, 0.3) is 10.8 Å². The Balaban J connectivity index is 1.52. The third-order valence-corrected chi connectivity index (χ3v) is 6.40. The predicted octanol–water partition coefficient (Wildman–Crippen LogP) is 5.77. The maximum Gasteiger partial charge on any atom is 0.257 e. The van der Waals surface area contributed by atoms with Crippen LogP contribution in [0.5, 0.6) is 5.75 Å². The fraction of sp³-hybridized carbons (Fsp3) is 0.261. The first-order chi connectivity index (χ1) is 13.6. The Morgan fingerprint density at radius 2 is 1.82 bits per heavy atom. The van der Waals surface area contributed by atoms with Crippen LogP contribution in [0.2, 0.25) is 0 Å². The van der Waals surface area contributed by atoms with E-state index in [1.54, 1.807) is 17.0 Å². The van der Waals surface area contributed by atoms with E-state index in [0.29, 0.717) is 19.0 Å². The summed E-state index contributed by atoms with van der Waals surface area (Å²) in [5.74, 6) is -0.278. The second-order valence-electron chi connectivity index (χ2n) is 7.08. The number of rotatable bonds is 3. The predicted molar refractivity (Wildman–Crippen MR) is 112 cm³/mol. The van der Waals surface area contributed by atoms with Crippen LogP contribution in [0.1, 0.15) is 34.7 Å². The molecule has 0 spiro atoms. The second kappa shape index (κ2) is 7.92. The van der Waals surface area contributed by atoms with E-state index in [2.05, 4.69) is 40.2 Å². The van der Waals surface area contributed by atoms with Gasteiger partial charge in [-0.2, -0.15) is 0 Å². The molecular weight excluding hydrogens is 421 g/mol. The molecule has 144 valence electrons. The molecule has 1 fully saturated rings. The third-order valence-electron chi connectivity index (χ3n) is 5.52. The molecule has 28 heavy (non-hydrogen) atoms. The summed E-state index contributed by atoms with van der Waals surface area (Å²) in [6.45, 7) is 1.28. The van der Waals surface area contributed by atoms with Crippen molar-refractivity contribution in [3.8, 4) is 5.75 Å². The van der Waals surface area contributed by atoms with Crippen molar-refractivity contribution in [1.29, 1.82) is 0 Å². The summed E-state index contributed by atoms with van der Waals surface area (Å²) in [5.41, 5.74) is 1.57. The van der Waals surface area contributed by atoms with Gasteiger partial charge in [-0.25, -0.2) is 4.39 Å². The number of ether oxygens (including phenoxy) is 1. The Hall–Kier alpha value is -2.40. The smallest absolute Gasteiger partial charge is 0.257 e. The number of piperidine rings is 1. The molecule has 0 unspecified atom stereocenters. The first-order valence-electron chi connectivity index (χ1n) is 9.39. The minimum Gasteiger partial charge on any atom is -0.493 e. The van der Waals surface area contributed by atoms with Gasteiger partial charge in [-0.3, -0.25) is 4.79 Å². The van der Waals surface area contributed by atoms with Gasteiger partial charge in [-0.05, 0) is 63.2 Å². The van der Waals surface area contributed by atoms with Gasteiger partial charge >= 0.3 is 0 Å². The molecule has 1 saturated heterocycles. The summed E-state index contributed by atoms with van der Waals surface area (Å²) in [6, 6.07) is 17.1. The van der Waals surface area contributed by atoms with Crippen LogP contribution in [0, 0.1) is 5.82 Å². The first-order valence-corrected chi connectivity index (χ1v) is 10.2. The van der Waals surface area contributed by atoms with Crippen LogP contribution < -0.4 is 4.74 Å². The van der Waals surface area contributed by atoms with Crippen molar-refractivity contribution in [2.75, 3.05) is 20.2 Å². The summed E-state index contributed by atoms with van der Waals surface area (Å²) in [4.78, 5) is 14.7. The number of halogens is 2. The summed E-state index contributed by atoms with van der Waals surface area (Å²) in [6.07, 6.45) is 1.75. The number of fused-ring (bicyclic) bond motifs is 1. The van der Waals surface area contributed by atoms with Gasteiger partial charge < -0.3 is 9.64 Å². The molecule has 0 aliphatic carbocycles. The van der Waals surface area contributed by atoms with E-state index >= 15 is 0 Å². The maximum absolute atomic E-state index is 13.9. The molecule has 0 N–H and O–H groups in total. The van der Waals surface area contributed by atoms with Crippen molar-refractivity contribution in [2.24, 2.45) is 0 Å². The lowest BCUT2D eigenvalue weighted by Crippen LogP contribution is -2.38. The summed E-state index contributed by atoms with van der Waals surface area (Å²) < 4.78 is 20.2. The van der Waals surface area contributed by atoms with Gasteiger partial charge in [-0.15, -0.1) is 0 Å². The Kier molecular flexibility index (Phi) is 5.36. The SMILES string of the molecule is COc1c(F)cccc1C(=O)N1CCC(c2ccc3ccccc3c2Br)CC1. The van der Waals surface area contributed by atoms with Crippen LogP contribution in [-0.2, 0) is 0 Å². The average molecular weight is 442 g/mol. The number of likely N-dealkylation sites (tertiary alicyclic amines) is 1. The van der Waals surface area contributed by atoms with Gasteiger partial charge in [0.15, 0.2) is 11.6 Å². The van der Waals surface area contributed by atoms with Crippen molar-refractivity contribution in [1.82, 2.24) is 4.90 Å². The Labute approximate surface area is 172 Å². The van der Waals surface area contributed by atoms with Gasteiger partial charge in [0.1, 0.15) is 0 Å². The number of amides is 1. The second-order valence-corrected chi connectivity index (χ2v) is 7.87. The number of benzene rings is 3. The van der Waals surface area contributed by atoms with Crippen molar-refractivity contribution >= 4 is 32.6 Å². The molecule has 3 aromatic carbocycles. The molecule has 5 heteroatoms. The van der Waals surface area contributed by atoms with Crippen molar-refractivity contribution < 1.29 is 13.9 Å². The van der Waals surface area contributed by atoms with Gasteiger partial charge in [0, 0.05) is 17.6 Å². The number of hydrogen-bond donors (Lipinski definition) is 0. The van der Waals surface area contributed by atoms with Crippen molar-refractivity contribution in [2.45, 2.75) is 18.8 Å². The standard InChI is InChI=1S/C23H21BrFNO2/c1-28-22-19(7-4-8-20(22)25)23(27)26-13-11-16(12-14-26)18-10-9-15-5-2-3-6-17(15)21(18)24/h2-10,16H,11-14H2,1H3. The minimum absolute atomic E-state index is 0.0203. The zero-order chi connectivity index (χ0) is 19.7. The fourth-order valence-electron chi connectivity index (χ4n) is 4.01. The monoisotopic (exact) mass is 441 g/mol. The molecule has 4 rings (SSSR count). The van der Waals surface area contributed by atoms with Gasteiger partial charge in [-0.1, -0.05) is 42.5 Å². The van der Waals surface area contributed by atoms with Crippen LogP contribution >= 0.6 is 15.9 Å². The van der Waals surface area contributed by atoms with E-state index in [4.69, 9.17) is 4.74 Å². The van der Waals surface area contributed by atoms with E-state index in [0.717, 1.165) is 17.3 Å². The molecule has 3 aromatic rings. The van der Waals surface area contributed by atoms with E-state index in [1.165, 1.54) is 29.5 Å². The van der Waals surface area contributed by atoms with E-state index in [1.807, 2.05) is 12.1 Å². The number of para-hydroxylation sites is 1. The van der Waals surface area contributed by atoms with Gasteiger partial charge in [0.25, 0.3) is 5.91 Å². The Morgan fingerprint density at radius 1 is 1.07 bits per heavy atom. The molecule has 0 saturated carbocycles. The Bertz CT molecular complexity index is 1030. The molecule has 1 aliphatic heterocycles. The number of nitrogens with zero attached hydrogens (tertiary/aromatic N) is 1. The highest BCUT2D eigenvalue weighted by Crippen LogP contribution is 2.37. The quantitative estimate of drug-likeness (QED) is 0.516. The maximum atomic E-state index is 13.9. The third kappa shape index (κ3) is 3.39. The van der Waals surface area contributed by atoms with Crippen molar-refractivity contribution in [3.05, 3.63) is 76.0 Å². The molecule has 1 aliphatic rings. The molecule has 0 atom stereocenters. The van der Waals surface area contributed by atoms with E-state index < -0.39 is 5.82 Å². The van der Waals surface area contributed by atoms with Gasteiger partial charge in [0.2, 0.25) is 0 Å². The lowest BCUT2D eigenvalue weighted by molar-refractivity contribution is 0.0708. The highest BCUT2D eigenvalue weighted by molar-refractivity contribution is 9.10. The number of methoxy groups -OCH3 is 1.